The fraction of sp³-hybridized carbons (Fsp3) is 0.500. The highest BCUT2D eigenvalue weighted by Crippen LogP contribution is 2.20. The maximum atomic E-state index is 11.8. The highest BCUT2D eigenvalue weighted by Gasteiger charge is 2.16. The molecule has 94 valence electrons. The van der Waals surface area contributed by atoms with Gasteiger partial charge < -0.3 is 15.8 Å². The molecule has 0 saturated heterocycles. The topological polar surface area (TPSA) is 77.2 Å². The van der Waals surface area contributed by atoms with Crippen molar-refractivity contribution in [3.8, 4) is 5.88 Å². The van der Waals surface area contributed by atoms with Crippen LogP contribution >= 0.6 is 0 Å². The number of nitrogens with two attached hydrogens (primary N) is 1. The summed E-state index contributed by atoms with van der Waals surface area (Å²) in [5.74, 6) is 0.550. The molecule has 1 aromatic rings. The quantitative estimate of drug-likeness (QED) is 0.811. The molecule has 0 spiro atoms. The third kappa shape index (κ3) is 4.03. The molecule has 3 N–H and O–H groups in total. The molecule has 0 aliphatic rings. The fourth-order valence-electron chi connectivity index (χ4n) is 1.49. The first-order valence-corrected chi connectivity index (χ1v) is 5.60. The van der Waals surface area contributed by atoms with Crippen LogP contribution < -0.4 is 15.8 Å². The van der Waals surface area contributed by atoms with Gasteiger partial charge >= 0.3 is 0 Å². The number of rotatable bonds is 5. The predicted molar refractivity (Wildman–Crippen MR) is 66.8 cm³/mol. The molecule has 1 atom stereocenters. The van der Waals surface area contributed by atoms with Gasteiger partial charge in [0.2, 0.25) is 11.8 Å². The number of methoxy groups -OCH3 is 1. The first-order valence-electron chi connectivity index (χ1n) is 5.60. The van der Waals surface area contributed by atoms with Crippen molar-refractivity contribution < 1.29 is 9.53 Å². The minimum atomic E-state index is -0.514. The molecule has 0 aromatic carbocycles. The van der Waals surface area contributed by atoms with E-state index in [4.69, 9.17) is 10.5 Å². The molecule has 5 nitrogen and oxygen atoms in total. The molecule has 5 heteroatoms. The molecule has 0 radical (unpaired) electrons. The van der Waals surface area contributed by atoms with E-state index in [0.29, 0.717) is 23.9 Å². The summed E-state index contributed by atoms with van der Waals surface area (Å²) in [4.78, 5) is 15.8. The number of nitrogens with zero attached hydrogens (tertiary/aromatic N) is 1. The van der Waals surface area contributed by atoms with Crippen molar-refractivity contribution in [2.75, 3.05) is 12.4 Å². The Morgan fingerprint density at radius 2 is 2.29 bits per heavy atom. The third-order valence-corrected chi connectivity index (χ3v) is 2.28. The van der Waals surface area contributed by atoms with Crippen molar-refractivity contribution in [3.05, 3.63) is 18.3 Å². The van der Waals surface area contributed by atoms with Crippen LogP contribution in [0.15, 0.2) is 18.3 Å². The molecule has 0 aliphatic heterocycles. The Bertz CT molecular complexity index is 380. The Morgan fingerprint density at radius 3 is 2.88 bits per heavy atom. The predicted octanol–water partition coefficient (Wildman–Crippen LogP) is 1.40. The Hall–Kier alpha value is -1.62. The second kappa shape index (κ2) is 6.20. The van der Waals surface area contributed by atoms with Crippen LogP contribution in [0.4, 0.5) is 5.69 Å². The number of aromatic nitrogens is 1. The Balaban J connectivity index is 2.67. The summed E-state index contributed by atoms with van der Waals surface area (Å²) in [6, 6.07) is 2.94. The molecule has 1 aromatic heterocycles. The molecule has 1 amide bonds. The number of hydrogen-bond donors (Lipinski definition) is 2. The van der Waals surface area contributed by atoms with Crippen LogP contribution in [-0.4, -0.2) is 24.0 Å². The van der Waals surface area contributed by atoms with Crippen molar-refractivity contribution in [3.63, 3.8) is 0 Å². The fourth-order valence-corrected chi connectivity index (χ4v) is 1.49. The van der Waals surface area contributed by atoms with Gasteiger partial charge in [-0.1, -0.05) is 13.8 Å². The van der Waals surface area contributed by atoms with Crippen LogP contribution in [0.3, 0.4) is 0 Å². The van der Waals surface area contributed by atoms with Crippen LogP contribution in [-0.2, 0) is 4.79 Å². The van der Waals surface area contributed by atoms with Gasteiger partial charge in [-0.05, 0) is 24.5 Å². The van der Waals surface area contributed by atoms with E-state index >= 15 is 0 Å². The molecular weight excluding hydrogens is 218 g/mol. The Morgan fingerprint density at radius 1 is 1.59 bits per heavy atom. The normalized spacial score (nSPS) is 12.3. The summed E-state index contributed by atoms with van der Waals surface area (Å²) in [7, 11) is 1.51. The van der Waals surface area contributed by atoms with Crippen molar-refractivity contribution in [1.29, 1.82) is 0 Å². The van der Waals surface area contributed by atoms with Crippen LogP contribution in [0.2, 0.25) is 0 Å². The largest absolute Gasteiger partial charge is 0.480 e. The second-order valence-electron chi connectivity index (χ2n) is 4.29. The van der Waals surface area contributed by atoms with Crippen molar-refractivity contribution in [2.45, 2.75) is 26.3 Å². The molecule has 0 saturated carbocycles. The van der Waals surface area contributed by atoms with E-state index in [1.165, 1.54) is 7.11 Å². The van der Waals surface area contributed by atoms with Gasteiger partial charge in [-0.25, -0.2) is 4.98 Å². The van der Waals surface area contributed by atoms with Crippen LogP contribution in [0, 0.1) is 5.92 Å². The summed E-state index contributed by atoms with van der Waals surface area (Å²) in [5, 5.41) is 2.72. The number of nitrogens with one attached hydrogen (secondary N) is 1. The van der Waals surface area contributed by atoms with Crippen molar-refractivity contribution in [2.24, 2.45) is 11.7 Å². The molecule has 17 heavy (non-hydrogen) atoms. The lowest BCUT2D eigenvalue weighted by Crippen LogP contribution is -2.36. The van der Waals surface area contributed by atoms with Crippen LogP contribution in [0.25, 0.3) is 0 Å². The second-order valence-corrected chi connectivity index (χ2v) is 4.29. The first kappa shape index (κ1) is 13.4. The van der Waals surface area contributed by atoms with Gasteiger partial charge in [0.25, 0.3) is 0 Å². The minimum Gasteiger partial charge on any atom is -0.480 e. The zero-order valence-electron chi connectivity index (χ0n) is 10.4. The standard InChI is InChI=1S/C12H19N3O2/c1-8(2)7-9(13)11(16)15-10-5-4-6-14-12(10)17-3/h4-6,8-9H,7,13H2,1-3H3,(H,15,16)/t9-/m0/s1. The van der Waals surface area contributed by atoms with Crippen LogP contribution in [0.5, 0.6) is 5.88 Å². The monoisotopic (exact) mass is 237 g/mol. The Kier molecular flexibility index (Phi) is 4.90. The minimum absolute atomic E-state index is 0.218. The molecule has 0 aliphatic carbocycles. The van der Waals surface area contributed by atoms with E-state index in [9.17, 15) is 4.79 Å². The maximum absolute atomic E-state index is 11.8. The molecular formula is C12H19N3O2. The summed E-state index contributed by atoms with van der Waals surface area (Å²) >= 11 is 0. The smallest absolute Gasteiger partial charge is 0.241 e. The van der Waals surface area contributed by atoms with E-state index in [1.54, 1.807) is 18.3 Å². The number of ether oxygens (including phenoxy) is 1. The van der Waals surface area contributed by atoms with Gasteiger partial charge in [0.15, 0.2) is 0 Å². The summed E-state index contributed by atoms with van der Waals surface area (Å²) in [6.07, 6.45) is 2.25. The molecule has 0 fully saturated rings. The number of anilines is 1. The lowest BCUT2D eigenvalue weighted by molar-refractivity contribution is -0.117. The number of amides is 1. The lowest BCUT2D eigenvalue weighted by atomic mass is 10.0. The zero-order valence-corrected chi connectivity index (χ0v) is 10.4. The molecule has 1 rings (SSSR count). The van der Waals surface area contributed by atoms with E-state index in [2.05, 4.69) is 10.3 Å². The molecule has 1 heterocycles. The Labute approximate surface area is 101 Å². The van der Waals surface area contributed by atoms with Crippen molar-refractivity contribution >= 4 is 11.6 Å². The van der Waals surface area contributed by atoms with Gasteiger partial charge in [-0.3, -0.25) is 4.79 Å². The average Bonchev–Trinajstić information content (AvgIpc) is 2.28. The van der Waals surface area contributed by atoms with Gasteiger partial charge in [0, 0.05) is 6.20 Å². The summed E-state index contributed by atoms with van der Waals surface area (Å²) in [5.41, 5.74) is 6.33. The number of pyridine rings is 1. The van der Waals surface area contributed by atoms with Crippen molar-refractivity contribution in [1.82, 2.24) is 4.98 Å². The first-order chi connectivity index (χ1) is 8.04. The average molecular weight is 237 g/mol. The molecule has 0 unspecified atom stereocenters. The summed E-state index contributed by atoms with van der Waals surface area (Å²) < 4.78 is 5.04. The van der Waals surface area contributed by atoms with Gasteiger partial charge in [-0.2, -0.15) is 0 Å². The van der Waals surface area contributed by atoms with Gasteiger partial charge in [-0.15, -0.1) is 0 Å². The van der Waals surface area contributed by atoms with Gasteiger partial charge in [0.1, 0.15) is 5.69 Å². The lowest BCUT2D eigenvalue weighted by Gasteiger charge is -2.15. The molecule has 0 bridgehead atoms. The van der Waals surface area contributed by atoms with E-state index in [-0.39, 0.29) is 5.91 Å². The number of carbonyl (C=O) groups is 1. The van der Waals surface area contributed by atoms with E-state index in [1.807, 2.05) is 13.8 Å². The SMILES string of the molecule is COc1ncccc1NC(=O)[C@@H](N)CC(C)C. The number of hydrogen-bond acceptors (Lipinski definition) is 4. The van der Waals surface area contributed by atoms with E-state index < -0.39 is 6.04 Å². The van der Waals surface area contributed by atoms with Gasteiger partial charge in [0.05, 0.1) is 13.2 Å². The summed E-state index contributed by atoms with van der Waals surface area (Å²) in [6.45, 7) is 4.05. The number of carbonyl (C=O) groups excluding carboxylic acids is 1. The zero-order chi connectivity index (χ0) is 12.8. The highest BCUT2D eigenvalue weighted by atomic mass is 16.5. The maximum Gasteiger partial charge on any atom is 0.241 e. The van der Waals surface area contributed by atoms with Crippen LogP contribution in [0.1, 0.15) is 20.3 Å². The third-order valence-electron chi connectivity index (χ3n) is 2.28. The highest BCUT2D eigenvalue weighted by molar-refractivity contribution is 5.95. The van der Waals surface area contributed by atoms with E-state index in [0.717, 1.165) is 0 Å².